The molecular weight excluding hydrogens is 246 g/mol. The predicted molar refractivity (Wildman–Crippen MR) is 86.4 cm³/mol. The molecule has 1 atom stereocenters. The summed E-state index contributed by atoms with van der Waals surface area (Å²) in [6, 6.07) is 15.7. The number of piperazine rings is 1. The van der Waals surface area contributed by atoms with E-state index in [-0.39, 0.29) is 0 Å². The number of rotatable bonds is 3. The molecule has 0 radical (unpaired) electrons. The molecule has 1 unspecified atom stereocenters. The summed E-state index contributed by atoms with van der Waals surface area (Å²) in [4.78, 5) is 4.86. The number of benzene rings is 2. The highest BCUT2D eigenvalue weighted by molar-refractivity contribution is 5.85. The van der Waals surface area contributed by atoms with Crippen LogP contribution < -0.4 is 5.32 Å². The molecule has 1 heterocycles. The number of nitrogens with one attached hydrogen (secondary N) is 1. The number of nitrogens with zero attached hydrogens (tertiary/aromatic N) is 2. The van der Waals surface area contributed by atoms with Crippen molar-refractivity contribution in [2.24, 2.45) is 0 Å². The Morgan fingerprint density at radius 2 is 1.85 bits per heavy atom. The maximum atomic E-state index is 3.59. The van der Waals surface area contributed by atoms with E-state index in [1.807, 2.05) is 0 Å². The minimum atomic E-state index is 0.584. The first kappa shape index (κ1) is 13.4. The molecule has 0 aromatic heterocycles. The third-order valence-electron chi connectivity index (χ3n) is 4.27. The number of likely N-dealkylation sites (N-methyl/N-ethyl adjacent to an activating group) is 2. The van der Waals surface area contributed by atoms with E-state index in [0.717, 1.165) is 19.6 Å². The molecule has 3 nitrogen and oxygen atoms in total. The quantitative estimate of drug-likeness (QED) is 0.923. The van der Waals surface area contributed by atoms with Gasteiger partial charge in [0.2, 0.25) is 0 Å². The SMILES string of the molecule is CN1CCN(C)C(CNc2ccc3ccccc3c2)C1. The summed E-state index contributed by atoms with van der Waals surface area (Å²) in [6.45, 7) is 4.46. The van der Waals surface area contributed by atoms with Gasteiger partial charge in [-0.1, -0.05) is 30.3 Å². The Kier molecular flexibility index (Phi) is 3.90. The van der Waals surface area contributed by atoms with Gasteiger partial charge in [-0.05, 0) is 37.0 Å². The van der Waals surface area contributed by atoms with Crippen LogP contribution in [0.15, 0.2) is 42.5 Å². The van der Waals surface area contributed by atoms with Gasteiger partial charge in [0, 0.05) is 37.9 Å². The van der Waals surface area contributed by atoms with Gasteiger partial charge < -0.3 is 10.2 Å². The summed E-state index contributed by atoms with van der Waals surface area (Å²) in [5, 5.41) is 6.19. The normalized spacial score (nSPS) is 21.2. The fourth-order valence-corrected chi connectivity index (χ4v) is 2.86. The van der Waals surface area contributed by atoms with Crippen molar-refractivity contribution in [2.75, 3.05) is 45.6 Å². The Morgan fingerprint density at radius 3 is 2.70 bits per heavy atom. The van der Waals surface area contributed by atoms with Gasteiger partial charge in [0.25, 0.3) is 0 Å². The van der Waals surface area contributed by atoms with Crippen molar-refractivity contribution < 1.29 is 0 Å². The molecule has 1 saturated heterocycles. The standard InChI is InChI=1S/C17H23N3/c1-19-9-10-20(2)17(13-19)12-18-16-8-7-14-5-3-4-6-15(14)11-16/h3-8,11,17-18H,9-10,12-13H2,1-2H3. The second-order valence-corrected chi connectivity index (χ2v) is 5.84. The lowest BCUT2D eigenvalue weighted by molar-refractivity contribution is 0.122. The van der Waals surface area contributed by atoms with Crippen molar-refractivity contribution in [3.05, 3.63) is 42.5 Å². The zero-order valence-corrected chi connectivity index (χ0v) is 12.3. The Labute approximate surface area is 121 Å². The molecule has 0 bridgehead atoms. The second kappa shape index (κ2) is 5.81. The zero-order chi connectivity index (χ0) is 13.9. The molecule has 3 heteroatoms. The Hall–Kier alpha value is -1.58. The largest absolute Gasteiger partial charge is 0.383 e. The monoisotopic (exact) mass is 269 g/mol. The van der Waals surface area contributed by atoms with Crippen molar-refractivity contribution in [3.8, 4) is 0 Å². The van der Waals surface area contributed by atoms with E-state index in [1.165, 1.54) is 23.0 Å². The first-order valence-electron chi connectivity index (χ1n) is 7.34. The van der Waals surface area contributed by atoms with Crippen LogP contribution in [0.3, 0.4) is 0 Å². The number of hydrogen-bond acceptors (Lipinski definition) is 3. The van der Waals surface area contributed by atoms with Gasteiger partial charge >= 0.3 is 0 Å². The van der Waals surface area contributed by atoms with Crippen LogP contribution in [0.4, 0.5) is 5.69 Å². The van der Waals surface area contributed by atoms with Gasteiger partial charge in [-0.15, -0.1) is 0 Å². The molecule has 0 saturated carbocycles. The predicted octanol–water partition coefficient (Wildman–Crippen LogP) is 2.50. The van der Waals surface area contributed by atoms with Crippen molar-refractivity contribution in [2.45, 2.75) is 6.04 Å². The van der Waals surface area contributed by atoms with Crippen molar-refractivity contribution >= 4 is 16.5 Å². The molecule has 0 aliphatic carbocycles. The smallest absolute Gasteiger partial charge is 0.0393 e. The lowest BCUT2D eigenvalue weighted by atomic mass is 10.1. The van der Waals surface area contributed by atoms with Crippen LogP contribution in [0, 0.1) is 0 Å². The van der Waals surface area contributed by atoms with E-state index in [2.05, 4.69) is 71.7 Å². The molecule has 1 N–H and O–H groups in total. The molecule has 20 heavy (non-hydrogen) atoms. The maximum Gasteiger partial charge on any atom is 0.0393 e. The van der Waals surface area contributed by atoms with Crippen molar-refractivity contribution in [3.63, 3.8) is 0 Å². The van der Waals surface area contributed by atoms with Crippen LogP contribution >= 0.6 is 0 Å². The van der Waals surface area contributed by atoms with E-state index in [4.69, 9.17) is 0 Å². The topological polar surface area (TPSA) is 18.5 Å². The average Bonchev–Trinajstić information content (AvgIpc) is 2.48. The molecule has 1 fully saturated rings. The highest BCUT2D eigenvalue weighted by atomic mass is 15.3. The molecular formula is C17H23N3. The third kappa shape index (κ3) is 2.94. The molecule has 0 amide bonds. The number of fused-ring (bicyclic) bond motifs is 1. The van der Waals surface area contributed by atoms with E-state index >= 15 is 0 Å². The second-order valence-electron chi connectivity index (χ2n) is 5.84. The number of anilines is 1. The lowest BCUT2D eigenvalue weighted by Crippen LogP contribution is -2.52. The van der Waals surface area contributed by atoms with Gasteiger partial charge in [-0.3, -0.25) is 4.90 Å². The average molecular weight is 269 g/mol. The molecule has 2 aromatic rings. The van der Waals surface area contributed by atoms with Crippen molar-refractivity contribution in [1.82, 2.24) is 9.80 Å². The van der Waals surface area contributed by atoms with E-state index in [1.54, 1.807) is 0 Å². The van der Waals surface area contributed by atoms with Crippen LogP contribution in [-0.2, 0) is 0 Å². The first-order valence-corrected chi connectivity index (χ1v) is 7.34. The lowest BCUT2D eigenvalue weighted by Gasteiger charge is -2.37. The Morgan fingerprint density at radius 1 is 1.05 bits per heavy atom. The summed E-state index contributed by atoms with van der Waals surface area (Å²) in [7, 11) is 4.43. The summed E-state index contributed by atoms with van der Waals surface area (Å²) >= 11 is 0. The van der Waals surface area contributed by atoms with E-state index in [0.29, 0.717) is 6.04 Å². The highest BCUT2D eigenvalue weighted by Crippen LogP contribution is 2.19. The van der Waals surface area contributed by atoms with Crippen LogP contribution in [0.25, 0.3) is 10.8 Å². The minimum Gasteiger partial charge on any atom is -0.383 e. The van der Waals surface area contributed by atoms with Gasteiger partial charge in [-0.2, -0.15) is 0 Å². The van der Waals surface area contributed by atoms with Crippen LogP contribution in [0.5, 0.6) is 0 Å². The third-order valence-corrected chi connectivity index (χ3v) is 4.27. The first-order chi connectivity index (χ1) is 9.72. The van der Waals surface area contributed by atoms with Crippen LogP contribution in [0.1, 0.15) is 0 Å². The molecule has 2 aromatic carbocycles. The zero-order valence-electron chi connectivity index (χ0n) is 12.3. The molecule has 1 aliphatic rings. The summed E-state index contributed by atoms with van der Waals surface area (Å²) in [6.07, 6.45) is 0. The van der Waals surface area contributed by atoms with E-state index in [9.17, 15) is 0 Å². The summed E-state index contributed by atoms with van der Waals surface area (Å²) in [5.74, 6) is 0. The Balaban J connectivity index is 1.67. The fraction of sp³-hybridized carbons (Fsp3) is 0.412. The van der Waals surface area contributed by atoms with Gasteiger partial charge in [-0.25, -0.2) is 0 Å². The van der Waals surface area contributed by atoms with Gasteiger partial charge in [0.05, 0.1) is 0 Å². The fourth-order valence-electron chi connectivity index (χ4n) is 2.86. The van der Waals surface area contributed by atoms with Crippen molar-refractivity contribution in [1.29, 1.82) is 0 Å². The van der Waals surface area contributed by atoms with Gasteiger partial charge in [0.15, 0.2) is 0 Å². The number of hydrogen-bond donors (Lipinski definition) is 1. The molecule has 3 rings (SSSR count). The maximum absolute atomic E-state index is 3.59. The summed E-state index contributed by atoms with van der Waals surface area (Å²) < 4.78 is 0. The van der Waals surface area contributed by atoms with Crippen LogP contribution in [-0.4, -0.2) is 56.1 Å². The molecule has 0 spiro atoms. The van der Waals surface area contributed by atoms with E-state index < -0.39 is 0 Å². The Bertz CT molecular complexity index is 581. The highest BCUT2D eigenvalue weighted by Gasteiger charge is 2.21. The van der Waals surface area contributed by atoms with Crippen LogP contribution in [0.2, 0.25) is 0 Å². The molecule has 1 aliphatic heterocycles. The molecule has 106 valence electrons. The van der Waals surface area contributed by atoms with Gasteiger partial charge in [0.1, 0.15) is 0 Å². The minimum absolute atomic E-state index is 0.584. The summed E-state index contributed by atoms with van der Waals surface area (Å²) in [5.41, 5.74) is 1.21.